The maximum Gasteiger partial charge on any atom is 0.138 e. The predicted octanol–water partition coefficient (Wildman–Crippen LogP) is 4.37. The zero-order chi connectivity index (χ0) is 14.8. The van der Waals surface area contributed by atoms with Crippen molar-refractivity contribution in [3.63, 3.8) is 0 Å². The van der Waals surface area contributed by atoms with E-state index in [0.29, 0.717) is 5.58 Å². The van der Waals surface area contributed by atoms with Crippen molar-refractivity contribution in [3.05, 3.63) is 59.9 Å². The number of phenols is 1. The van der Waals surface area contributed by atoms with Gasteiger partial charge < -0.3 is 14.4 Å². The molecule has 0 atom stereocenters. The lowest BCUT2D eigenvalue weighted by Gasteiger charge is -2.11. The molecule has 1 heterocycles. The summed E-state index contributed by atoms with van der Waals surface area (Å²) in [5.74, 6) is 0.985. The highest BCUT2D eigenvalue weighted by molar-refractivity contribution is 5.82. The number of aromatic hydroxyl groups is 1. The zero-order valence-electron chi connectivity index (χ0n) is 12.1. The summed E-state index contributed by atoms with van der Waals surface area (Å²) in [6.45, 7) is 0. The summed E-state index contributed by atoms with van der Waals surface area (Å²) in [7, 11) is 4.04. The van der Waals surface area contributed by atoms with Crippen LogP contribution < -0.4 is 4.90 Å². The van der Waals surface area contributed by atoms with Gasteiger partial charge in [-0.15, -0.1) is 0 Å². The molecule has 0 spiro atoms. The number of benzene rings is 2. The average molecular weight is 279 g/mol. The molecule has 0 saturated heterocycles. The van der Waals surface area contributed by atoms with Gasteiger partial charge in [0, 0.05) is 31.2 Å². The number of hydrogen-bond donors (Lipinski definition) is 1. The molecule has 3 aromatic rings. The van der Waals surface area contributed by atoms with Gasteiger partial charge in [-0.25, -0.2) is 0 Å². The van der Waals surface area contributed by atoms with Crippen molar-refractivity contribution in [2.45, 2.75) is 0 Å². The third kappa shape index (κ3) is 2.92. The number of rotatable bonds is 3. The maximum atomic E-state index is 9.44. The van der Waals surface area contributed by atoms with E-state index in [1.165, 1.54) is 5.69 Å². The molecule has 0 aliphatic heterocycles. The minimum atomic E-state index is 0.214. The van der Waals surface area contributed by atoms with Crippen LogP contribution in [-0.4, -0.2) is 19.2 Å². The van der Waals surface area contributed by atoms with Crippen LogP contribution in [0, 0.1) is 0 Å². The predicted molar refractivity (Wildman–Crippen MR) is 87.6 cm³/mol. The fourth-order valence-corrected chi connectivity index (χ4v) is 2.18. The van der Waals surface area contributed by atoms with Gasteiger partial charge in [-0.2, -0.15) is 0 Å². The van der Waals surface area contributed by atoms with Gasteiger partial charge in [-0.1, -0.05) is 18.2 Å². The van der Waals surface area contributed by atoms with Crippen LogP contribution in [-0.2, 0) is 0 Å². The molecule has 3 heteroatoms. The molecule has 0 bridgehead atoms. The van der Waals surface area contributed by atoms with Crippen molar-refractivity contribution in [2.24, 2.45) is 0 Å². The fourth-order valence-electron chi connectivity index (χ4n) is 2.18. The average Bonchev–Trinajstić information content (AvgIpc) is 2.87. The smallest absolute Gasteiger partial charge is 0.138 e. The van der Waals surface area contributed by atoms with Crippen molar-refractivity contribution >= 4 is 28.8 Å². The first-order chi connectivity index (χ1) is 10.1. The monoisotopic (exact) mass is 279 g/mol. The van der Waals surface area contributed by atoms with Crippen molar-refractivity contribution in [2.75, 3.05) is 19.0 Å². The van der Waals surface area contributed by atoms with Crippen LogP contribution in [0.5, 0.6) is 5.75 Å². The van der Waals surface area contributed by atoms with E-state index in [2.05, 4.69) is 29.2 Å². The number of phenolic OH excluding ortho intramolecular Hbond substituents is 1. The highest BCUT2D eigenvalue weighted by Gasteiger charge is 2.02. The molecule has 1 N–H and O–H groups in total. The van der Waals surface area contributed by atoms with Crippen LogP contribution >= 0.6 is 0 Å². The van der Waals surface area contributed by atoms with Crippen LogP contribution in [0.15, 0.2) is 52.9 Å². The molecule has 0 fully saturated rings. The Morgan fingerprint density at radius 3 is 2.43 bits per heavy atom. The largest absolute Gasteiger partial charge is 0.508 e. The molecule has 0 amide bonds. The van der Waals surface area contributed by atoms with Crippen LogP contribution in [0.2, 0.25) is 0 Å². The summed E-state index contributed by atoms with van der Waals surface area (Å²) in [6, 6.07) is 15.4. The molecule has 3 nitrogen and oxygen atoms in total. The van der Waals surface area contributed by atoms with Gasteiger partial charge in [0.25, 0.3) is 0 Å². The first kappa shape index (κ1) is 13.3. The number of anilines is 1. The topological polar surface area (TPSA) is 36.6 Å². The van der Waals surface area contributed by atoms with Gasteiger partial charge in [-0.05, 0) is 42.0 Å². The molecule has 2 aromatic carbocycles. The molecule has 0 aliphatic rings. The zero-order valence-corrected chi connectivity index (χ0v) is 12.1. The Bertz CT molecular complexity index is 783. The quantitative estimate of drug-likeness (QED) is 0.773. The fraction of sp³-hybridized carbons (Fsp3) is 0.111. The third-order valence-electron chi connectivity index (χ3n) is 3.37. The van der Waals surface area contributed by atoms with Gasteiger partial charge in [0.05, 0.1) is 0 Å². The standard InChI is InChI=1S/C18H17NO2/c1-19(2)15-7-3-13(4-8-15)5-10-17-11-14-6-9-16(20)12-18(14)21-17/h3-12,20H,1-2H3. The summed E-state index contributed by atoms with van der Waals surface area (Å²) in [4.78, 5) is 2.07. The Morgan fingerprint density at radius 1 is 0.952 bits per heavy atom. The Balaban J connectivity index is 1.83. The molecule has 0 unspecified atom stereocenters. The van der Waals surface area contributed by atoms with Crippen LogP contribution in [0.1, 0.15) is 11.3 Å². The lowest BCUT2D eigenvalue weighted by molar-refractivity contribution is 0.474. The minimum absolute atomic E-state index is 0.214. The van der Waals surface area contributed by atoms with E-state index >= 15 is 0 Å². The van der Waals surface area contributed by atoms with Gasteiger partial charge in [0.2, 0.25) is 0 Å². The molecule has 0 radical (unpaired) electrons. The lowest BCUT2D eigenvalue weighted by atomic mass is 10.2. The van der Waals surface area contributed by atoms with E-state index in [0.717, 1.165) is 16.7 Å². The summed E-state index contributed by atoms with van der Waals surface area (Å²) in [5, 5.41) is 10.4. The lowest BCUT2D eigenvalue weighted by Crippen LogP contribution is -2.07. The van der Waals surface area contributed by atoms with E-state index in [1.54, 1.807) is 12.1 Å². The molecule has 21 heavy (non-hydrogen) atoms. The minimum Gasteiger partial charge on any atom is -0.508 e. The van der Waals surface area contributed by atoms with E-state index in [4.69, 9.17) is 4.42 Å². The second-order valence-electron chi connectivity index (χ2n) is 5.19. The Morgan fingerprint density at radius 2 is 1.71 bits per heavy atom. The van der Waals surface area contributed by atoms with E-state index in [1.807, 2.05) is 38.4 Å². The number of hydrogen-bond acceptors (Lipinski definition) is 3. The number of nitrogens with zero attached hydrogens (tertiary/aromatic N) is 1. The molecule has 0 aliphatic carbocycles. The van der Waals surface area contributed by atoms with Crippen molar-refractivity contribution < 1.29 is 9.52 Å². The van der Waals surface area contributed by atoms with Gasteiger partial charge in [0.1, 0.15) is 17.1 Å². The van der Waals surface area contributed by atoms with Crippen LogP contribution in [0.4, 0.5) is 5.69 Å². The normalized spacial score (nSPS) is 11.3. The van der Waals surface area contributed by atoms with Crippen molar-refractivity contribution in [1.82, 2.24) is 0 Å². The number of furan rings is 1. The molecular formula is C18H17NO2. The number of fused-ring (bicyclic) bond motifs is 1. The summed E-state index contributed by atoms with van der Waals surface area (Å²) < 4.78 is 5.68. The van der Waals surface area contributed by atoms with Crippen molar-refractivity contribution in [3.8, 4) is 5.75 Å². The van der Waals surface area contributed by atoms with E-state index in [9.17, 15) is 5.11 Å². The molecule has 1 aromatic heterocycles. The van der Waals surface area contributed by atoms with E-state index < -0.39 is 0 Å². The summed E-state index contributed by atoms with van der Waals surface area (Å²) in [6.07, 6.45) is 3.94. The Kier molecular flexibility index (Phi) is 3.40. The second kappa shape index (κ2) is 5.37. The summed E-state index contributed by atoms with van der Waals surface area (Å²) >= 11 is 0. The van der Waals surface area contributed by atoms with Crippen LogP contribution in [0.25, 0.3) is 23.1 Å². The first-order valence-corrected chi connectivity index (χ1v) is 6.80. The Hall–Kier alpha value is -2.68. The first-order valence-electron chi connectivity index (χ1n) is 6.80. The van der Waals surface area contributed by atoms with Crippen molar-refractivity contribution in [1.29, 1.82) is 0 Å². The van der Waals surface area contributed by atoms with Gasteiger partial charge in [-0.3, -0.25) is 0 Å². The third-order valence-corrected chi connectivity index (χ3v) is 3.37. The van der Waals surface area contributed by atoms with E-state index in [-0.39, 0.29) is 5.75 Å². The van der Waals surface area contributed by atoms with Gasteiger partial charge in [0.15, 0.2) is 0 Å². The molecule has 3 rings (SSSR count). The SMILES string of the molecule is CN(C)c1ccc(C=Cc2cc3ccc(O)cc3o2)cc1. The Labute approximate surface area is 123 Å². The maximum absolute atomic E-state index is 9.44. The highest BCUT2D eigenvalue weighted by Crippen LogP contribution is 2.24. The molecule has 0 saturated carbocycles. The second-order valence-corrected chi connectivity index (χ2v) is 5.19. The highest BCUT2D eigenvalue weighted by atomic mass is 16.3. The summed E-state index contributed by atoms with van der Waals surface area (Å²) in [5.41, 5.74) is 2.98. The van der Waals surface area contributed by atoms with Crippen LogP contribution in [0.3, 0.4) is 0 Å². The van der Waals surface area contributed by atoms with Gasteiger partial charge >= 0.3 is 0 Å². The molecule has 106 valence electrons. The molecular weight excluding hydrogens is 262 g/mol.